The summed E-state index contributed by atoms with van der Waals surface area (Å²) in [5, 5.41) is 4.05. The van der Waals surface area contributed by atoms with Crippen molar-refractivity contribution in [3.63, 3.8) is 0 Å². The summed E-state index contributed by atoms with van der Waals surface area (Å²) in [5.41, 5.74) is 3.90. The number of nitrogens with zero attached hydrogens (tertiary/aromatic N) is 1. The van der Waals surface area contributed by atoms with E-state index >= 15 is 0 Å². The number of rotatable bonds is 8. The molecule has 1 aliphatic heterocycles. The molecule has 1 amide bonds. The van der Waals surface area contributed by atoms with Gasteiger partial charge in [-0.1, -0.05) is 6.07 Å². The van der Waals surface area contributed by atoms with Crippen LogP contribution in [0.4, 0.5) is 0 Å². The maximum atomic E-state index is 12.7. The lowest BCUT2D eigenvalue weighted by atomic mass is 10.1. The van der Waals surface area contributed by atoms with E-state index in [-0.39, 0.29) is 0 Å². The average Bonchev–Trinajstić information content (AvgIpc) is 2.76. The zero-order valence-corrected chi connectivity index (χ0v) is 18.5. The lowest BCUT2D eigenvalue weighted by Crippen LogP contribution is -2.27. The minimum Gasteiger partial charge on any atom is -0.493 e. The van der Waals surface area contributed by atoms with Crippen molar-refractivity contribution in [2.45, 2.75) is 13.0 Å². The van der Waals surface area contributed by atoms with Crippen molar-refractivity contribution in [3.05, 3.63) is 45.9 Å². The summed E-state index contributed by atoms with van der Waals surface area (Å²) in [6.07, 6.45) is 0.678. The molecule has 0 saturated carbocycles. The van der Waals surface area contributed by atoms with Crippen molar-refractivity contribution in [2.24, 2.45) is 5.10 Å². The zero-order valence-electron chi connectivity index (χ0n) is 16.9. The van der Waals surface area contributed by atoms with E-state index in [4.69, 9.17) is 23.7 Å². The quantitative estimate of drug-likeness (QED) is 0.461. The molecule has 160 valence electrons. The highest BCUT2D eigenvalue weighted by molar-refractivity contribution is 9.10. The lowest BCUT2D eigenvalue weighted by Gasteiger charge is -2.21. The van der Waals surface area contributed by atoms with E-state index in [0.717, 1.165) is 0 Å². The van der Waals surface area contributed by atoms with Crippen molar-refractivity contribution in [1.29, 1.82) is 0 Å². The summed E-state index contributed by atoms with van der Waals surface area (Å²) in [6.45, 7) is 3.15. The fourth-order valence-electron chi connectivity index (χ4n) is 2.95. The van der Waals surface area contributed by atoms with Crippen LogP contribution in [0.1, 0.15) is 24.2 Å². The lowest BCUT2D eigenvalue weighted by molar-refractivity contribution is -0.133. The third kappa shape index (κ3) is 5.03. The highest BCUT2D eigenvalue weighted by Crippen LogP contribution is 2.36. The number of hydrazone groups is 1. The van der Waals surface area contributed by atoms with Crippen LogP contribution in [0, 0.1) is 0 Å². The summed E-state index contributed by atoms with van der Waals surface area (Å²) < 4.78 is 28.1. The Morgan fingerprint density at radius 1 is 1.20 bits per heavy atom. The summed E-state index contributed by atoms with van der Waals surface area (Å²) in [6, 6.07) is 8.86. The van der Waals surface area contributed by atoms with Gasteiger partial charge < -0.3 is 23.7 Å². The number of fused-ring (bicyclic) bond motifs is 1. The average molecular weight is 479 g/mol. The van der Waals surface area contributed by atoms with Crippen LogP contribution in [-0.2, 0) is 9.53 Å². The largest absolute Gasteiger partial charge is 0.493 e. The summed E-state index contributed by atoms with van der Waals surface area (Å²) in [4.78, 5) is 12.7. The van der Waals surface area contributed by atoms with Gasteiger partial charge in [0.15, 0.2) is 29.1 Å². The second-order valence-corrected chi connectivity index (χ2v) is 7.07. The van der Waals surface area contributed by atoms with E-state index in [1.165, 1.54) is 6.21 Å². The van der Waals surface area contributed by atoms with E-state index < -0.39 is 12.0 Å². The van der Waals surface area contributed by atoms with E-state index in [9.17, 15) is 4.79 Å². The van der Waals surface area contributed by atoms with Crippen molar-refractivity contribution in [3.8, 4) is 23.0 Å². The number of methoxy groups -OCH3 is 2. The molecule has 8 nitrogen and oxygen atoms in total. The van der Waals surface area contributed by atoms with Crippen LogP contribution < -0.4 is 24.4 Å². The van der Waals surface area contributed by atoms with Gasteiger partial charge >= 0.3 is 0 Å². The van der Waals surface area contributed by atoms with Gasteiger partial charge in [-0.05, 0) is 58.2 Å². The fourth-order valence-corrected chi connectivity index (χ4v) is 3.58. The molecule has 3 rings (SSSR count). The number of carbonyl (C=O) groups excluding carboxylic acids is 1. The van der Waals surface area contributed by atoms with Gasteiger partial charge in [-0.15, -0.1) is 0 Å². The molecule has 0 aromatic heterocycles. The Kier molecular flexibility index (Phi) is 7.53. The number of hydrogen-bond acceptors (Lipinski definition) is 7. The molecule has 0 bridgehead atoms. The van der Waals surface area contributed by atoms with Crippen molar-refractivity contribution < 1.29 is 28.5 Å². The number of hydrogen-bond donors (Lipinski definition) is 1. The molecule has 1 N–H and O–H groups in total. The van der Waals surface area contributed by atoms with Gasteiger partial charge in [0.2, 0.25) is 0 Å². The Morgan fingerprint density at radius 3 is 2.67 bits per heavy atom. The van der Waals surface area contributed by atoms with Gasteiger partial charge in [-0.2, -0.15) is 5.10 Å². The second kappa shape index (κ2) is 10.3. The molecule has 0 radical (unpaired) electrons. The molecule has 2 aromatic rings. The Morgan fingerprint density at radius 2 is 1.97 bits per heavy atom. The molecule has 1 unspecified atom stereocenters. The summed E-state index contributed by atoms with van der Waals surface area (Å²) >= 11 is 3.43. The van der Waals surface area contributed by atoms with Crippen molar-refractivity contribution >= 4 is 28.1 Å². The molecule has 2 aromatic carbocycles. The topological polar surface area (TPSA) is 87.6 Å². The first-order valence-electron chi connectivity index (χ1n) is 9.33. The number of nitrogens with one attached hydrogen (secondary N) is 1. The van der Waals surface area contributed by atoms with Crippen LogP contribution in [0.3, 0.4) is 0 Å². The van der Waals surface area contributed by atoms with Gasteiger partial charge in [-0.3, -0.25) is 4.79 Å². The SMILES string of the molecule is CCOC(C(=O)N/N=C/c1cc(Br)c(OC)c(OC)c1)c1ccc2c(c1)OCCO2. The Labute approximate surface area is 183 Å². The standard InChI is InChI=1S/C21H23BrN2O6/c1-4-28-19(14-5-6-16-17(11-14)30-8-7-29-16)21(25)24-23-12-13-9-15(22)20(27-3)18(10-13)26-2/h5-6,9-12,19H,4,7-8H2,1-3H3,(H,24,25)/b23-12+. The summed E-state index contributed by atoms with van der Waals surface area (Å²) in [7, 11) is 3.11. The van der Waals surface area contributed by atoms with E-state index in [1.54, 1.807) is 44.6 Å². The minimum absolute atomic E-state index is 0.360. The third-order valence-corrected chi connectivity index (χ3v) is 4.87. The Balaban J connectivity index is 1.74. The number of benzene rings is 2. The van der Waals surface area contributed by atoms with Gasteiger partial charge in [0, 0.05) is 6.61 Å². The first kappa shape index (κ1) is 21.9. The smallest absolute Gasteiger partial charge is 0.273 e. The molecule has 30 heavy (non-hydrogen) atoms. The monoisotopic (exact) mass is 478 g/mol. The first-order valence-corrected chi connectivity index (χ1v) is 10.1. The normalized spacial score (nSPS) is 13.7. The van der Waals surface area contributed by atoms with Gasteiger partial charge in [0.1, 0.15) is 13.2 Å². The van der Waals surface area contributed by atoms with Crippen molar-refractivity contribution in [2.75, 3.05) is 34.0 Å². The molecule has 0 saturated heterocycles. The Bertz CT molecular complexity index is 934. The van der Waals surface area contributed by atoms with Crippen LogP contribution in [0.5, 0.6) is 23.0 Å². The number of halogens is 1. The predicted octanol–water partition coefficient (Wildman–Crippen LogP) is 3.47. The highest BCUT2D eigenvalue weighted by atomic mass is 79.9. The second-order valence-electron chi connectivity index (χ2n) is 6.21. The zero-order chi connectivity index (χ0) is 21.5. The highest BCUT2D eigenvalue weighted by Gasteiger charge is 2.23. The van der Waals surface area contributed by atoms with Gasteiger partial charge in [0.05, 0.1) is 24.9 Å². The summed E-state index contributed by atoms with van der Waals surface area (Å²) in [5.74, 6) is 1.97. The number of ether oxygens (including phenoxy) is 5. The van der Waals surface area contributed by atoms with E-state index in [1.807, 2.05) is 6.92 Å². The molecule has 1 atom stereocenters. The number of carbonyl (C=O) groups is 1. The minimum atomic E-state index is -0.833. The maximum Gasteiger partial charge on any atom is 0.273 e. The molecule has 1 aliphatic rings. The maximum absolute atomic E-state index is 12.7. The fraction of sp³-hybridized carbons (Fsp3) is 0.333. The Hall–Kier alpha value is -2.78. The molecule has 9 heteroatoms. The van der Waals surface area contributed by atoms with Gasteiger partial charge in [0.25, 0.3) is 5.91 Å². The third-order valence-electron chi connectivity index (χ3n) is 4.28. The molecular weight excluding hydrogens is 456 g/mol. The first-order chi connectivity index (χ1) is 14.6. The molecule has 0 spiro atoms. The van der Waals surface area contributed by atoms with Crippen LogP contribution in [0.15, 0.2) is 39.9 Å². The molecule has 0 fully saturated rings. The van der Waals surface area contributed by atoms with Crippen LogP contribution in [0.25, 0.3) is 0 Å². The van der Waals surface area contributed by atoms with E-state index in [0.29, 0.717) is 58.4 Å². The predicted molar refractivity (Wildman–Crippen MR) is 115 cm³/mol. The molecular formula is C21H23BrN2O6. The van der Waals surface area contributed by atoms with Crippen molar-refractivity contribution in [1.82, 2.24) is 5.43 Å². The van der Waals surface area contributed by atoms with E-state index in [2.05, 4.69) is 26.5 Å². The van der Waals surface area contributed by atoms with Crippen LogP contribution >= 0.6 is 15.9 Å². The van der Waals surface area contributed by atoms with Crippen LogP contribution in [0.2, 0.25) is 0 Å². The molecule has 1 heterocycles. The molecule has 0 aliphatic carbocycles. The van der Waals surface area contributed by atoms with Crippen LogP contribution in [-0.4, -0.2) is 46.2 Å². The van der Waals surface area contributed by atoms with Gasteiger partial charge in [-0.25, -0.2) is 5.43 Å². The number of amides is 1.